The van der Waals surface area contributed by atoms with Crippen molar-refractivity contribution < 1.29 is 0 Å². The Balaban J connectivity index is 1.98. The molecule has 0 saturated heterocycles. The first-order valence-corrected chi connectivity index (χ1v) is 10.8. The van der Waals surface area contributed by atoms with E-state index in [9.17, 15) is 0 Å². The summed E-state index contributed by atoms with van der Waals surface area (Å²) in [7, 11) is -0.829. The van der Waals surface area contributed by atoms with E-state index in [0.717, 1.165) is 22.3 Å². The second kappa shape index (κ2) is 7.69. The Morgan fingerprint density at radius 1 is 0.643 bits per heavy atom. The molecule has 0 amide bonds. The van der Waals surface area contributed by atoms with E-state index in [2.05, 4.69) is 86.8 Å². The van der Waals surface area contributed by atoms with Gasteiger partial charge in [0.05, 0.1) is 11.0 Å². The fourth-order valence-corrected chi connectivity index (χ4v) is 5.39. The van der Waals surface area contributed by atoms with Crippen LogP contribution in [0.5, 0.6) is 0 Å². The van der Waals surface area contributed by atoms with Crippen LogP contribution < -0.4 is 21.4 Å². The molecule has 0 unspecified atom stereocenters. The average molecular weight is 385 g/mol. The van der Waals surface area contributed by atoms with Crippen LogP contribution in [0.25, 0.3) is 11.0 Å². The van der Waals surface area contributed by atoms with E-state index in [-0.39, 0.29) is 5.54 Å². The van der Waals surface area contributed by atoms with Crippen molar-refractivity contribution in [2.24, 2.45) is 0 Å². The van der Waals surface area contributed by atoms with Crippen molar-refractivity contribution in [1.82, 2.24) is 9.97 Å². The molecule has 0 fully saturated rings. The Morgan fingerprint density at radius 3 is 1.61 bits per heavy atom. The van der Waals surface area contributed by atoms with Crippen LogP contribution in [0.4, 0.5) is 5.82 Å². The topological polar surface area (TPSA) is 37.8 Å². The summed E-state index contributed by atoms with van der Waals surface area (Å²) < 4.78 is 0. The standard InChI is InChI=1S/C24H24N3P/c1-24(2,3)27-22-23(26-21-17-11-10-16-20(21)25-22)28(18-12-6-4-7-13-18)19-14-8-5-9-15-19/h4-17H,1-3H3,(H,25,27). The number of fused-ring (bicyclic) bond motifs is 1. The van der Waals surface area contributed by atoms with Crippen LogP contribution in [0.2, 0.25) is 0 Å². The van der Waals surface area contributed by atoms with Crippen molar-refractivity contribution in [2.45, 2.75) is 26.3 Å². The third kappa shape index (κ3) is 4.05. The number of rotatable bonds is 4. The molecule has 28 heavy (non-hydrogen) atoms. The molecule has 3 nitrogen and oxygen atoms in total. The molecular formula is C24H24N3P. The lowest BCUT2D eigenvalue weighted by Crippen LogP contribution is -2.33. The number of nitrogens with zero attached hydrogens (tertiary/aromatic N) is 2. The Bertz CT molecular complexity index is 1030. The van der Waals surface area contributed by atoms with Gasteiger partial charge in [-0.2, -0.15) is 0 Å². The van der Waals surface area contributed by atoms with Gasteiger partial charge in [-0.1, -0.05) is 72.8 Å². The Labute approximate surface area is 167 Å². The van der Waals surface area contributed by atoms with E-state index in [1.165, 1.54) is 10.6 Å². The molecular weight excluding hydrogens is 361 g/mol. The largest absolute Gasteiger partial charge is 0.364 e. The lowest BCUT2D eigenvalue weighted by Gasteiger charge is -2.26. The molecule has 3 aromatic carbocycles. The SMILES string of the molecule is CC(C)(C)Nc1nc2ccccc2nc1P(c1ccccc1)c1ccccc1. The summed E-state index contributed by atoms with van der Waals surface area (Å²) in [6.45, 7) is 6.46. The fraction of sp³-hybridized carbons (Fsp3) is 0.167. The van der Waals surface area contributed by atoms with Gasteiger partial charge >= 0.3 is 0 Å². The molecule has 0 radical (unpaired) electrons. The molecule has 1 aromatic heterocycles. The van der Waals surface area contributed by atoms with Crippen molar-refractivity contribution >= 4 is 40.8 Å². The number of para-hydroxylation sites is 2. The molecule has 0 saturated carbocycles. The van der Waals surface area contributed by atoms with Crippen molar-refractivity contribution in [3.8, 4) is 0 Å². The van der Waals surface area contributed by atoms with E-state index < -0.39 is 7.92 Å². The Hall–Kier alpha value is -2.77. The summed E-state index contributed by atoms with van der Waals surface area (Å²) >= 11 is 0. The highest BCUT2D eigenvalue weighted by molar-refractivity contribution is 7.79. The summed E-state index contributed by atoms with van der Waals surface area (Å²) in [5.74, 6) is 0.866. The maximum atomic E-state index is 5.12. The van der Waals surface area contributed by atoms with Crippen molar-refractivity contribution in [3.63, 3.8) is 0 Å². The van der Waals surface area contributed by atoms with Crippen molar-refractivity contribution in [2.75, 3.05) is 5.32 Å². The zero-order chi connectivity index (χ0) is 19.6. The third-order valence-electron chi connectivity index (χ3n) is 4.29. The van der Waals surface area contributed by atoms with Gasteiger partial charge in [-0.3, -0.25) is 0 Å². The maximum Gasteiger partial charge on any atom is 0.154 e. The first-order valence-electron chi connectivity index (χ1n) is 9.46. The van der Waals surface area contributed by atoms with Crippen molar-refractivity contribution in [1.29, 1.82) is 0 Å². The monoisotopic (exact) mass is 385 g/mol. The first kappa shape index (κ1) is 18.6. The lowest BCUT2D eigenvalue weighted by molar-refractivity contribution is 0.631. The number of aromatic nitrogens is 2. The average Bonchev–Trinajstić information content (AvgIpc) is 2.69. The summed E-state index contributed by atoms with van der Waals surface area (Å²) in [4.78, 5) is 10.1. The highest BCUT2D eigenvalue weighted by Crippen LogP contribution is 2.35. The molecule has 0 atom stereocenters. The van der Waals surface area contributed by atoms with Gasteiger partial charge in [0.15, 0.2) is 5.82 Å². The number of hydrogen-bond donors (Lipinski definition) is 1. The molecule has 0 aliphatic rings. The summed E-state index contributed by atoms with van der Waals surface area (Å²) in [5, 5.41) is 6.14. The van der Waals surface area contributed by atoms with Gasteiger partial charge in [0.25, 0.3) is 0 Å². The molecule has 4 rings (SSSR count). The number of anilines is 1. The van der Waals surface area contributed by atoms with Crippen LogP contribution in [0.3, 0.4) is 0 Å². The molecule has 1 N–H and O–H groups in total. The van der Waals surface area contributed by atoms with E-state index in [1.807, 2.05) is 24.3 Å². The predicted molar refractivity (Wildman–Crippen MR) is 122 cm³/mol. The maximum absolute atomic E-state index is 5.12. The van der Waals surface area contributed by atoms with Gasteiger partial charge < -0.3 is 5.32 Å². The van der Waals surface area contributed by atoms with Gasteiger partial charge in [-0.15, -0.1) is 0 Å². The quantitative estimate of drug-likeness (QED) is 0.522. The van der Waals surface area contributed by atoms with Gasteiger partial charge in [-0.25, -0.2) is 9.97 Å². The van der Waals surface area contributed by atoms with Crippen LogP contribution in [0.15, 0.2) is 84.9 Å². The van der Waals surface area contributed by atoms with E-state index in [4.69, 9.17) is 9.97 Å². The van der Waals surface area contributed by atoms with E-state index in [0.29, 0.717) is 0 Å². The number of nitrogens with one attached hydrogen (secondary N) is 1. The van der Waals surface area contributed by atoms with Crippen LogP contribution in [0, 0.1) is 0 Å². The second-order valence-corrected chi connectivity index (χ2v) is 9.89. The second-order valence-electron chi connectivity index (χ2n) is 7.77. The predicted octanol–water partition coefficient (Wildman–Crippen LogP) is 4.60. The van der Waals surface area contributed by atoms with Crippen LogP contribution in [-0.4, -0.2) is 15.5 Å². The smallest absolute Gasteiger partial charge is 0.154 e. The molecule has 0 spiro atoms. The third-order valence-corrected chi connectivity index (χ3v) is 6.65. The van der Waals surface area contributed by atoms with Crippen molar-refractivity contribution in [3.05, 3.63) is 84.9 Å². The molecule has 0 aliphatic heterocycles. The molecule has 0 bridgehead atoms. The molecule has 1 heterocycles. The highest BCUT2D eigenvalue weighted by atomic mass is 31.1. The number of hydrogen-bond acceptors (Lipinski definition) is 3. The molecule has 4 heteroatoms. The minimum atomic E-state index is -0.829. The molecule has 140 valence electrons. The first-order chi connectivity index (χ1) is 13.5. The lowest BCUT2D eigenvalue weighted by atomic mass is 10.1. The summed E-state index contributed by atoms with van der Waals surface area (Å²) in [6, 6.07) is 29.4. The van der Waals surface area contributed by atoms with E-state index >= 15 is 0 Å². The zero-order valence-electron chi connectivity index (χ0n) is 16.4. The normalized spacial score (nSPS) is 11.7. The van der Waals surface area contributed by atoms with Crippen LogP contribution >= 0.6 is 7.92 Å². The zero-order valence-corrected chi connectivity index (χ0v) is 17.3. The van der Waals surface area contributed by atoms with Crippen LogP contribution in [0.1, 0.15) is 20.8 Å². The number of benzene rings is 3. The Morgan fingerprint density at radius 2 is 1.11 bits per heavy atom. The minimum Gasteiger partial charge on any atom is -0.364 e. The van der Waals surface area contributed by atoms with E-state index in [1.54, 1.807) is 0 Å². The highest BCUT2D eigenvalue weighted by Gasteiger charge is 2.25. The van der Waals surface area contributed by atoms with Crippen LogP contribution in [-0.2, 0) is 0 Å². The summed E-state index contributed by atoms with van der Waals surface area (Å²) in [5.41, 5.74) is 2.74. The summed E-state index contributed by atoms with van der Waals surface area (Å²) in [6.07, 6.45) is 0. The molecule has 0 aliphatic carbocycles. The van der Waals surface area contributed by atoms with Gasteiger partial charge in [0.1, 0.15) is 5.44 Å². The van der Waals surface area contributed by atoms with Gasteiger partial charge in [0, 0.05) is 13.5 Å². The Kier molecular flexibility index (Phi) is 5.11. The fourth-order valence-electron chi connectivity index (χ4n) is 3.13. The minimum absolute atomic E-state index is 0.111. The van der Waals surface area contributed by atoms with Gasteiger partial charge in [-0.05, 0) is 43.5 Å². The molecule has 4 aromatic rings. The van der Waals surface area contributed by atoms with Gasteiger partial charge in [0.2, 0.25) is 0 Å².